The fourth-order valence-corrected chi connectivity index (χ4v) is 5.69. The standard InChI is InChI=1S/C29H35Cl2F2N3O3/c1-27(2,3)14-21-29(15-34,18-10-9-16(30)13-20(18)32)23(17-7-6-8-19(31)24(17)33)25(36-21)26(38)35-12-11-22(37)28(4,5)39/h6-10,13,21-23,25,36-37,39H,11-12,14H2,1-5H3,(H,35,38)/t21-,22-,23-,25+,29-/m0/s1. The third-order valence-corrected chi connectivity index (χ3v) is 7.79. The zero-order valence-electron chi connectivity index (χ0n) is 22.7. The normalized spacial score (nSPS) is 24.3. The summed E-state index contributed by atoms with van der Waals surface area (Å²) >= 11 is 12.2. The summed E-state index contributed by atoms with van der Waals surface area (Å²) in [5, 5.41) is 36.9. The first-order chi connectivity index (χ1) is 18.0. The van der Waals surface area contributed by atoms with Gasteiger partial charge in [0.2, 0.25) is 5.91 Å². The van der Waals surface area contributed by atoms with Crippen LogP contribution in [0.4, 0.5) is 8.78 Å². The number of aliphatic hydroxyl groups excluding tert-OH is 1. The highest BCUT2D eigenvalue weighted by Gasteiger charge is 2.61. The Hall–Kier alpha value is -2.28. The molecule has 1 amide bonds. The number of carbonyl (C=O) groups excluding carboxylic acids is 1. The molecule has 1 fully saturated rings. The lowest BCUT2D eigenvalue weighted by atomic mass is 9.62. The molecule has 1 aliphatic rings. The minimum atomic E-state index is -1.72. The van der Waals surface area contributed by atoms with E-state index < -0.39 is 52.7 Å². The number of nitriles is 1. The molecule has 1 aliphatic heterocycles. The molecule has 5 atom stereocenters. The highest BCUT2D eigenvalue weighted by Crippen LogP contribution is 2.52. The molecule has 39 heavy (non-hydrogen) atoms. The number of nitrogens with one attached hydrogen (secondary N) is 2. The van der Waals surface area contributed by atoms with Gasteiger partial charge in [-0.3, -0.25) is 4.79 Å². The molecule has 0 radical (unpaired) electrons. The first-order valence-electron chi connectivity index (χ1n) is 12.8. The van der Waals surface area contributed by atoms with Crippen molar-refractivity contribution in [3.05, 3.63) is 69.2 Å². The highest BCUT2D eigenvalue weighted by molar-refractivity contribution is 6.31. The number of amides is 1. The Balaban J connectivity index is 2.19. The van der Waals surface area contributed by atoms with Gasteiger partial charge in [-0.1, -0.05) is 62.2 Å². The predicted molar refractivity (Wildman–Crippen MR) is 148 cm³/mol. The molecule has 1 saturated heterocycles. The molecule has 1 heterocycles. The van der Waals surface area contributed by atoms with Crippen molar-refractivity contribution >= 4 is 29.1 Å². The molecule has 0 aromatic heterocycles. The monoisotopic (exact) mass is 581 g/mol. The lowest BCUT2D eigenvalue weighted by molar-refractivity contribution is -0.123. The Morgan fingerprint density at radius 1 is 1.21 bits per heavy atom. The van der Waals surface area contributed by atoms with E-state index in [0.717, 1.165) is 6.07 Å². The van der Waals surface area contributed by atoms with E-state index in [2.05, 4.69) is 16.7 Å². The number of aliphatic hydroxyl groups is 2. The van der Waals surface area contributed by atoms with Crippen molar-refractivity contribution in [1.29, 1.82) is 5.26 Å². The minimum Gasteiger partial charge on any atom is -0.390 e. The van der Waals surface area contributed by atoms with Crippen molar-refractivity contribution in [2.24, 2.45) is 5.41 Å². The SMILES string of the molecule is CC(C)(C)C[C@@H]1N[C@@H](C(=O)NCC[C@H](O)C(C)(C)O)[C@H](c2cccc(Cl)c2F)[C@@]1(C#N)c1ccc(Cl)cc1F. The van der Waals surface area contributed by atoms with Gasteiger partial charge < -0.3 is 20.8 Å². The Morgan fingerprint density at radius 2 is 1.87 bits per heavy atom. The van der Waals surface area contributed by atoms with Crippen LogP contribution in [0.1, 0.15) is 64.5 Å². The Morgan fingerprint density at radius 3 is 2.44 bits per heavy atom. The molecule has 0 spiro atoms. The second-order valence-corrected chi connectivity index (χ2v) is 12.8. The third kappa shape index (κ3) is 6.55. The van der Waals surface area contributed by atoms with Crippen LogP contribution in [0, 0.1) is 28.4 Å². The number of hydrogen-bond donors (Lipinski definition) is 4. The first-order valence-corrected chi connectivity index (χ1v) is 13.5. The van der Waals surface area contributed by atoms with Crippen molar-refractivity contribution in [2.45, 2.75) is 82.6 Å². The van der Waals surface area contributed by atoms with Gasteiger partial charge in [-0.2, -0.15) is 5.26 Å². The number of nitrogens with zero attached hydrogens (tertiary/aromatic N) is 1. The van der Waals surface area contributed by atoms with Crippen molar-refractivity contribution in [2.75, 3.05) is 6.54 Å². The average Bonchev–Trinajstić information content (AvgIpc) is 3.13. The number of carbonyl (C=O) groups is 1. The summed E-state index contributed by atoms with van der Waals surface area (Å²) in [6.07, 6.45) is -0.702. The molecule has 0 saturated carbocycles. The van der Waals surface area contributed by atoms with Gasteiger partial charge in [-0.05, 0) is 55.9 Å². The van der Waals surface area contributed by atoms with Gasteiger partial charge >= 0.3 is 0 Å². The van der Waals surface area contributed by atoms with Crippen LogP contribution in [0.15, 0.2) is 36.4 Å². The Bertz CT molecular complexity index is 1260. The molecule has 6 nitrogen and oxygen atoms in total. The van der Waals surface area contributed by atoms with E-state index in [1.165, 1.54) is 44.2 Å². The zero-order chi connectivity index (χ0) is 29.3. The van der Waals surface area contributed by atoms with Crippen molar-refractivity contribution < 1.29 is 23.8 Å². The van der Waals surface area contributed by atoms with Crippen LogP contribution in [0.3, 0.4) is 0 Å². The largest absolute Gasteiger partial charge is 0.390 e. The summed E-state index contributed by atoms with van der Waals surface area (Å²) < 4.78 is 31.2. The smallest absolute Gasteiger partial charge is 0.237 e. The minimum absolute atomic E-state index is 0.000939. The van der Waals surface area contributed by atoms with Crippen LogP contribution in [0.25, 0.3) is 0 Å². The summed E-state index contributed by atoms with van der Waals surface area (Å²) in [6, 6.07) is 8.68. The lowest BCUT2D eigenvalue weighted by Crippen LogP contribution is -2.47. The van der Waals surface area contributed by atoms with Crippen LogP contribution >= 0.6 is 23.2 Å². The van der Waals surface area contributed by atoms with Crippen LogP contribution in [0.5, 0.6) is 0 Å². The van der Waals surface area contributed by atoms with Gasteiger partial charge in [0.25, 0.3) is 0 Å². The van der Waals surface area contributed by atoms with E-state index in [0.29, 0.717) is 6.42 Å². The maximum Gasteiger partial charge on any atom is 0.237 e. The van der Waals surface area contributed by atoms with Gasteiger partial charge in [0.05, 0.1) is 28.8 Å². The molecule has 2 aromatic rings. The fourth-order valence-electron chi connectivity index (χ4n) is 5.35. The van der Waals surface area contributed by atoms with E-state index in [9.17, 15) is 20.3 Å². The quantitative estimate of drug-likeness (QED) is 0.341. The fraction of sp³-hybridized carbons (Fsp3) is 0.517. The second kappa shape index (κ2) is 11.7. The van der Waals surface area contributed by atoms with Crippen molar-refractivity contribution in [3.8, 4) is 6.07 Å². The van der Waals surface area contributed by atoms with Crippen molar-refractivity contribution in [1.82, 2.24) is 10.6 Å². The summed E-state index contributed by atoms with van der Waals surface area (Å²) in [7, 11) is 0. The van der Waals surface area contributed by atoms with Gasteiger partial charge in [0.15, 0.2) is 0 Å². The molecule has 212 valence electrons. The summed E-state index contributed by atoms with van der Waals surface area (Å²) in [5.41, 5.74) is -3.46. The van der Waals surface area contributed by atoms with E-state index in [-0.39, 0.29) is 39.6 Å². The third-order valence-electron chi connectivity index (χ3n) is 7.26. The molecule has 3 rings (SSSR count). The van der Waals surface area contributed by atoms with E-state index in [4.69, 9.17) is 23.2 Å². The van der Waals surface area contributed by atoms with Gasteiger partial charge in [-0.25, -0.2) is 8.78 Å². The lowest BCUT2D eigenvalue weighted by Gasteiger charge is -2.37. The average molecular weight is 583 g/mol. The number of rotatable bonds is 8. The second-order valence-electron chi connectivity index (χ2n) is 11.9. The van der Waals surface area contributed by atoms with Gasteiger partial charge in [0, 0.05) is 29.1 Å². The Labute approximate surface area is 238 Å². The predicted octanol–water partition coefficient (Wildman–Crippen LogP) is 5.23. The van der Waals surface area contributed by atoms with E-state index in [1.54, 1.807) is 0 Å². The number of benzene rings is 2. The zero-order valence-corrected chi connectivity index (χ0v) is 24.2. The topological polar surface area (TPSA) is 105 Å². The van der Waals surface area contributed by atoms with E-state index in [1.807, 2.05) is 20.8 Å². The molecule has 0 aliphatic carbocycles. The highest BCUT2D eigenvalue weighted by atomic mass is 35.5. The van der Waals surface area contributed by atoms with Crippen molar-refractivity contribution in [3.63, 3.8) is 0 Å². The number of halogens is 4. The van der Waals surface area contributed by atoms with Crippen LogP contribution < -0.4 is 10.6 Å². The maximum absolute atomic E-state index is 15.6. The first kappa shape index (κ1) is 31.3. The molecule has 2 aromatic carbocycles. The van der Waals surface area contributed by atoms with Crippen LogP contribution in [0.2, 0.25) is 10.0 Å². The molecular weight excluding hydrogens is 547 g/mol. The summed E-state index contributed by atoms with van der Waals surface area (Å²) in [5.74, 6) is -3.28. The van der Waals surface area contributed by atoms with Crippen LogP contribution in [-0.2, 0) is 10.2 Å². The Kier molecular flexibility index (Phi) is 9.36. The molecule has 0 bridgehead atoms. The summed E-state index contributed by atoms with van der Waals surface area (Å²) in [6.45, 7) is 8.77. The number of hydrogen-bond acceptors (Lipinski definition) is 5. The molecule has 4 N–H and O–H groups in total. The van der Waals surface area contributed by atoms with E-state index >= 15 is 8.78 Å². The summed E-state index contributed by atoms with van der Waals surface area (Å²) in [4.78, 5) is 13.6. The maximum atomic E-state index is 15.6. The van der Waals surface area contributed by atoms with Crippen LogP contribution in [-0.4, -0.2) is 46.5 Å². The molecule has 10 heteroatoms. The molecule has 0 unspecified atom stereocenters. The molecular formula is C29H35Cl2F2N3O3. The van der Waals surface area contributed by atoms with Gasteiger partial charge in [0.1, 0.15) is 17.0 Å². The van der Waals surface area contributed by atoms with Gasteiger partial charge in [-0.15, -0.1) is 0 Å².